The molecular formula is C27H26FN3O6. The second kappa shape index (κ2) is 10.1. The average molecular weight is 508 g/mol. The highest BCUT2D eigenvalue weighted by molar-refractivity contribution is 5.81. The minimum Gasteiger partial charge on any atom is -0.475 e. The number of pyridine rings is 2. The van der Waals surface area contributed by atoms with Crippen molar-refractivity contribution in [1.29, 1.82) is 0 Å². The molecule has 0 amide bonds. The zero-order chi connectivity index (χ0) is 25.4. The summed E-state index contributed by atoms with van der Waals surface area (Å²) >= 11 is 0. The summed E-state index contributed by atoms with van der Waals surface area (Å²) in [6.07, 6.45) is -0.00954. The lowest BCUT2D eigenvalue weighted by molar-refractivity contribution is 0.00794. The van der Waals surface area contributed by atoms with Crippen molar-refractivity contribution in [2.45, 2.75) is 24.4 Å². The van der Waals surface area contributed by atoms with E-state index >= 15 is 4.39 Å². The highest BCUT2D eigenvalue weighted by Crippen LogP contribution is 2.32. The predicted octanol–water partition coefficient (Wildman–Crippen LogP) is 3.36. The Morgan fingerprint density at radius 2 is 1.78 bits per heavy atom. The molecule has 10 heteroatoms. The molecule has 4 aromatic rings. The predicted molar refractivity (Wildman–Crippen MR) is 132 cm³/mol. The van der Waals surface area contributed by atoms with Crippen LogP contribution in [0.5, 0.6) is 11.8 Å². The van der Waals surface area contributed by atoms with E-state index in [0.717, 1.165) is 11.1 Å². The number of halogens is 1. The maximum absolute atomic E-state index is 15.0. The van der Waals surface area contributed by atoms with Gasteiger partial charge in [-0.15, -0.1) is 0 Å². The molecule has 9 nitrogen and oxygen atoms in total. The molecule has 3 aromatic heterocycles. The molecular weight excluding hydrogens is 481 g/mol. The Morgan fingerprint density at radius 1 is 1.00 bits per heavy atom. The van der Waals surface area contributed by atoms with E-state index in [1.54, 1.807) is 25.4 Å². The third-order valence-electron chi connectivity index (χ3n) is 6.56. The van der Waals surface area contributed by atoms with Gasteiger partial charge in [0.2, 0.25) is 5.88 Å². The summed E-state index contributed by atoms with van der Waals surface area (Å²) in [5.41, 5.74) is 3.85. The summed E-state index contributed by atoms with van der Waals surface area (Å²) in [6.45, 7) is 1.46. The minimum atomic E-state index is -0.651. The normalized spacial score (nSPS) is 22.9. The summed E-state index contributed by atoms with van der Waals surface area (Å²) in [4.78, 5) is 11.9. The van der Waals surface area contributed by atoms with Gasteiger partial charge >= 0.3 is 0 Å². The fourth-order valence-electron chi connectivity index (χ4n) is 4.67. The van der Waals surface area contributed by atoms with Gasteiger partial charge in [0.15, 0.2) is 17.8 Å². The first kappa shape index (κ1) is 23.8. The summed E-state index contributed by atoms with van der Waals surface area (Å²) in [5, 5.41) is 9.92. The fourth-order valence-corrected chi connectivity index (χ4v) is 4.67. The number of nitrogens with zero attached hydrogens (tertiary/aromatic N) is 2. The zero-order valence-corrected chi connectivity index (χ0v) is 20.1. The van der Waals surface area contributed by atoms with Gasteiger partial charge in [0.1, 0.15) is 30.6 Å². The van der Waals surface area contributed by atoms with Crippen molar-refractivity contribution in [1.82, 2.24) is 15.0 Å². The van der Waals surface area contributed by atoms with Gasteiger partial charge in [-0.05, 0) is 11.6 Å². The van der Waals surface area contributed by atoms with Crippen LogP contribution in [0.2, 0.25) is 0 Å². The lowest BCUT2D eigenvalue weighted by Crippen LogP contribution is -2.34. The number of aromatic nitrogens is 3. The molecule has 2 aliphatic heterocycles. The van der Waals surface area contributed by atoms with Gasteiger partial charge < -0.3 is 33.8 Å². The lowest BCUT2D eigenvalue weighted by atomic mass is 10.0. The second-order valence-electron chi connectivity index (χ2n) is 9.01. The van der Waals surface area contributed by atoms with Crippen molar-refractivity contribution in [3.8, 4) is 34.1 Å². The van der Waals surface area contributed by atoms with E-state index in [4.69, 9.17) is 23.7 Å². The third-order valence-corrected chi connectivity index (χ3v) is 6.56. The van der Waals surface area contributed by atoms with Crippen molar-refractivity contribution in [3.63, 3.8) is 0 Å². The van der Waals surface area contributed by atoms with Crippen LogP contribution in [0, 0.1) is 5.82 Å². The summed E-state index contributed by atoms with van der Waals surface area (Å²) < 4.78 is 42.7. The van der Waals surface area contributed by atoms with Crippen molar-refractivity contribution in [2.75, 3.05) is 33.5 Å². The third kappa shape index (κ3) is 4.76. The SMILES string of the molecule is COCCOc1ccc(-c2ccc(-c3nc4cc(O[C@@H]5CO[C@H]6[C@@H]5OC[C@H]6O)[nH]c4cc3F)cc2)cn1. The van der Waals surface area contributed by atoms with E-state index in [0.29, 0.717) is 48.2 Å². The molecule has 2 N–H and O–H groups in total. The molecule has 0 bridgehead atoms. The Kier molecular flexibility index (Phi) is 6.47. The lowest BCUT2D eigenvalue weighted by Gasteiger charge is -2.16. The molecule has 2 saturated heterocycles. The summed E-state index contributed by atoms with van der Waals surface area (Å²) in [5.74, 6) is 0.524. The molecule has 192 valence electrons. The van der Waals surface area contributed by atoms with Crippen molar-refractivity contribution >= 4 is 11.0 Å². The van der Waals surface area contributed by atoms with Crippen molar-refractivity contribution in [3.05, 3.63) is 60.5 Å². The first-order chi connectivity index (χ1) is 18.1. The molecule has 4 atom stereocenters. The summed E-state index contributed by atoms with van der Waals surface area (Å²) in [6, 6.07) is 14.3. The molecule has 6 rings (SSSR count). The van der Waals surface area contributed by atoms with E-state index in [1.807, 2.05) is 30.3 Å². The smallest absolute Gasteiger partial charge is 0.213 e. The molecule has 5 heterocycles. The summed E-state index contributed by atoms with van der Waals surface area (Å²) in [7, 11) is 1.62. The average Bonchev–Trinajstić information content (AvgIpc) is 3.61. The number of nitrogens with one attached hydrogen (secondary N) is 1. The Morgan fingerprint density at radius 3 is 2.57 bits per heavy atom. The number of aromatic amines is 1. The molecule has 2 fully saturated rings. The second-order valence-corrected chi connectivity index (χ2v) is 9.01. The molecule has 2 aliphatic rings. The van der Waals surface area contributed by atoms with Crippen LogP contribution in [0.4, 0.5) is 4.39 Å². The number of hydrogen-bond donors (Lipinski definition) is 2. The highest BCUT2D eigenvalue weighted by atomic mass is 19.1. The van der Waals surface area contributed by atoms with Crippen LogP contribution in [0.1, 0.15) is 0 Å². The first-order valence-corrected chi connectivity index (χ1v) is 12.0. The first-order valence-electron chi connectivity index (χ1n) is 12.0. The minimum absolute atomic E-state index is 0.224. The quantitative estimate of drug-likeness (QED) is 0.350. The van der Waals surface area contributed by atoms with Gasteiger partial charge in [-0.3, -0.25) is 0 Å². The topological polar surface area (TPSA) is 108 Å². The maximum Gasteiger partial charge on any atom is 0.213 e. The Balaban J connectivity index is 1.18. The molecule has 37 heavy (non-hydrogen) atoms. The Hall–Kier alpha value is -3.57. The van der Waals surface area contributed by atoms with Gasteiger partial charge in [-0.25, -0.2) is 14.4 Å². The number of aliphatic hydroxyl groups excluding tert-OH is 1. The molecule has 0 aliphatic carbocycles. The van der Waals surface area contributed by atoms with Gasteiger partial charge in [-0.2, -0.15) is 0 Å². The largest absolute Gasteiger partial charge is 0.475 e. The van der Waals surface area contributed by atoms with Crippen LogP contribution in [-0.4, -0.2) is 78.0 Å². The number of methoxy groups -OCH3 is 1. The number of H-pyrrole nitrogens is 1. The van der Waals surface area contributed by atoms with Crippen LogP contribution < -0.4 is 9.47 Å². The molecule has 0 spiro atoms. The van der Waals surface area contributed by atoms with Crippen LogP contribution in [0.25, 0.3) is 33.4 Å². The van der Waals surface area contributed by atoms with Crippen molar-refractivity contribution < 1.29 is 33.2 Å². The monoisotopic (exact) mass is 507 g/mol. The van der Waals surface area contributed by atoms with Crippen LogP contribution >= 0.6 is 0 Å². The number of fused-ring (bicyclic) bond motifs is 2. The van der Waals surface area contributed by atoms with Crippen LogP contribution in [0.3, 0.4) is 0 Å². The number of aliphatic hydroxyl groups is 1. The molecule has 0 radical (unpaired) electrons. The van der Waals surface area contributed by atoms with Gasteiger partial charge in [-0.1, -0.05) is 24.3 Å². The molecule has 1 aromatic carbocycles. The standard InChI is InChI=1S/C27H26FN3O6/c1-33-8-9-34-23-7-6-17(12-29-23)15-2-4-16(5-3-15)25-18(28)10-19-20(31-25)11-24(30-19)37-22-14-36-26-21(32)13-35-27(22)26/h2-7,10-12,21-22,26-27,30,32H,8-9,13-14H2,1H3/t21-,22-,26-,27-/m1/s1. The van der Waals surface area contributed by atoms with E-state index < -0.39 is 11.9 Å². The van der Waals surface area contributed by atoms with Gasteiger partial charge in [0.25, 0.3) is 0 Å². The van der Waals surface area contributed by atoms with E-state index in [2.05, 4.69) is 15.0 Å². The van der Waals surface area contributed by atoms with Crippen LogP contribution in [0.15, 0.2) is 54.7 Å². The molecule has 0 saturated carbocycles. The Bertz CT molecular complexity index is 1380. The van der Waals surface area contributed by atoms with E-state index in [1.165, 1.54) is 6.07 Å². The Labute approximate surface area is 212 Å². The number of hydrogen-bond acceptors (Lipinski definition) is 8. The van der Waals surface area contributed by atoms with Crippen molar-refractivity contribution in [2.24, 2.45) is 0 Å². The number of ether oxygens (including phenoxy) is 5. The van der Waals surface area contributed by atoms with E-state index in [-0.39, 0.29) is 30.6 Å². The number of rotatable bonds is 8. The van der Waals surface area contributed by atoms with Crippen LogP contribution in [-0.2, 0) is 14.2 Å². The van der Waals surface area contributed by atoms with Gasteiger partial charge in [0, 0.05) is 42.6 Å². The highest BCUT2D eigenvalue weighted by Gasteiger charge is 2.48. The maximum atomic E-state index is 15.0. The number of benzene rings is 1. The molecule has 0 unspecified atom stereocenters. The zero-order valence-electron chi connectivity index (χ0n) is 20.1. The fraction of sp³-hybridized carbons (Fsp3) is 0.333. The van der Waals surface area contributed by atoms with Gasteiger partial charge in [0.05, 0.1) is 30.9 Å². The van der Waals surface area contributed by atoms with E-state index in [9.17, 15) is 5.11 Å².